The molecule has 18 heavy (non-hydrogen) atoms. The van der Waals surface area contributed by atoms with E-state index in [1.165, 1.54) is 0 Å². The number of rotatable bonds is 3. The van der Waals surface area contributed by atoms with Crippen molar-refractivity contribution in [3.63, 3.8) is 0 Å². The molecule has 0 bridgehead atoms. The number of nitrogens with one attached hydrogen (secondary N) is 1. The third-order valence-electron chi connectivity index (χ3n) is 3.34. The van der Waals surface area contributed by atoms with Gasteiger partial charge < -0.3 is 10.1 Å². The first kappa shape index (κ1) is 11.4. The van der Waals surface area contributed by atoms with E-state index in [0.717, 1.165) is 24.5 Å². The van der Waals surface area contributed by atoms with Crippen molar-refractivity contribution in [3.05, 3.63) is 42.5 Å². The Hall–Kier alpha value is -1.72. The molecule has 0 spiro atoms. The van der Waals surface area contributed by atoms with E-state index in [-0.39, 0.29) is 12.1 Å². The molecule has 0 amide bonds. The van der Waals surface area contributed by atoms with Crippen molar-refractivity contribution in [1.29, 1.82) is 0 Å². The van der Waals surface area contributed by atoms with Crippen LogP contribution in [0, 0.1) is 0 Å². The topological polar surface area (TPSA) is 52.0 Å². The van der Waals surface area contributed by atoms with E-state index >= 15 is 0 Å². The van der Waals surface area contributed by atoms with Crippen LogP contribution < -0.4 is 5.32 Å². The highest BCUT2D eigenvalue weighted by atomic mass is 16.5. The Morgan fingerprint density at radius 1 is 1.33 bits per heavy atom. The van der Waals surface area contributed by atoms with Crippen LogP contribution in [0.3, 0.4) is 0 Å². The van der Waals surface area contributed by atoms with Crippen molar-refractivity contribution >= 4 is 0 Å². The minimum atomic E-state index is 0.206. The molecule has 1 saturated heterocycles. The summed E-state index contributed by atoms with van der Waals surface area (Å²) in [5.41, 5.74) is 1.08. The van der Waals surface area contributed by atoms with Crippen molar-refractivity contribution in [2.75, 3.05) is 13.7 Å². The van der Waals surface area contributed by atoms with Gasteiger partial charge in [-0.1, -0.05) is 18.2 Å². The number of para-hydroxylation sites is 1. The molecular formula is C13H16N4O. The monoisotopic (exact) mass is 244 g/mol. The van der Waals surface area contributed by atoms with Gasteiger partial charge in [0.2, 0.25) is 0 Å². The van der Waals surface area contributed by atoms with Crippen molar-refractivity contribution < 1.29 is 4.74 Å². The Kier molecular flexibility index (Phi) is 3.08. The van der Waals surface area contributed by atoms with Crippen LogP contribution in [0.1, 0.15) is 18.3 Å². The molecule has 1 aliphatic rings. The number of hydrogen-bond donors (Lipinski definition) is 1. The van der Waals surface area contributed by atoms with Crippen molar-refractivity contribution in [2.45, 2.75) is 18.6 Å². The molecule has 0 radical (unpaired) electrons. The maximum absolute atomic E-state index is 5.37. The second-order valence-electron chi connectivity index (χ2n) is 4.45. The molecule has 1 N–H and O–H groups in total. The van der Waals surface area contributed by atoms with Crippen LogP contribution >= 0.6 is 0 Å². The molecule has 1 aromatic carbocycles. The van der Waals surface area contributed by atoms with Crippen LogP contribution in [0.4, 0.5) is 0 Å². The molecule has 0 saturated carbocycles. The molecule has 2 heterocycles. The fourth-order valence-electron chi connectivity index (χ4n) is 2.35. The van der Waals surface area contributed by atoms with Crippen LogP contribution in [0.2, 0.25) is 0 Å². The van der Waals surface area contributed by atoms with Gasteiger partial charge in [0.15, 0.2) is 5.82 Å². The standard InChI is InChI=1S/C13H16N4O/c1-18-11-7-12(14-8-11)13-16-15-9-17(13)10-5-3-2-4-6-10/h2-6,9,11-12,14H,7-8H2,1H3. The Bertz CT molecular complexity index is 511. The summed E-state index contributed by atoms with van der Waals surface area (Å²) in [4.78, 5) is 0. The smallest absolute Gasteiger partial charge is 0.154 e. The van der Waals surface area contributed by atoms with Gasteiger partial charge in [0, 0.05) is 19.3 Å². The van der Waals surface area contributed by atoms with Gasteiger partial charge in [0.1, 0.15) is 6.33 Å². The highest BCUT2D eigenvalue weighted by Crippen LogP contribution is 2.24. The summed E-state index contributed by atoms with van der Waals surface area (Å²) < 4.78 is 7.39. The first-order chi connectivity index (χ1) is 8.88. The lowest BCUT2D eigenvalue weighted by molar-refractivity contribution is 0.117. The van der Waals surface area contributed by atoms with E-state index in [1.807, 2.05) is 22.8 Å². The lowest BCUT2D eigenvalue weighted by Gasteiger charge is -2.12. The summed E-state index contributed by atoms with van der Waals surface area (Å²) in [5.74, 6) is 0.945. The lowest BCUT2D eigenvalue weighted by atomic mass is 10.2. The van der Waals surface area contributed by atoms with Gasteiger partial charge in [0.25, 0.3) is 0 Å². The van der Waals surface area contributed by atoms with Crippen LogP contribution in [-0.4, -0.2) is 34.5 Å². The molecule has 5 heteroatoms. The van der Waals surface area contributed by atoms with Crippen molar-refractivity contribution in [3.8, 4) is 5.69 Å². The maximum atomic E-state index is 5.37. The zero-order valence-corrected chi connectivity index (χ0v) is 10.3. The zero-order chi connectivity index (χ0) is 12.4. The van der Waals surface area contributed by atoms with E-state index < -0.39 is 0 Å². The highest BCUT2D eigenvalue weighted by molar-refractivity contribution is 5.32. The summed E-state index contributed by atoms with van der Waals surface area (Å²) in [5, 5.41) is 11.7. The fraction of sp³-hybridized carbons (Fsp3) is 0.385. The van der Waals surface area contributed by atoms with E-state index in [9.17, 15) is 0 Å². The van der Waals surface area contributed by atoms with E-state index in [0.29, 0.717) is 0 Å². The molecule has 94 valence electrons. The van der Waals surface area contributed by atoms with E-state index in [1.54, 1.807) is 13.4 Å². The molecule has 5 nitrogen and oxygen atoms in total. The van der Waals surface area contributed by atoms with Gasteiger partial charge in [-0.2, -0.15) is 0 Å². The van der Waals surface area contributed by atoms with Crippen LogP contribution in [0.25, 0.3) is 5.69 Å². The summed E-state index contributed by atoms with van der Waals surface area (Å²) >= 11 is 0. The average molecular weight is 244 g/mol. The van der Waals surface area contributed by atoms with Crippen LogP contribution in [-0.2, 0) is 4.74 Å². The Balaban J connectivity index is 1.89. The molecule has 0 aliphatic carbocycles. The number of methoxy groups -OCH3 is 1. The minimum absolute atomic E-state index is 0.206. The molecule has 1 fully saturated rings. The predicted octanol–water partition coefficient (Wildman–Crippen LogP) is 1.32. The summed E-state index contributed by atoms with van der Waals surface area (Å²) in [7, 11) is 1.75. The summed E-state index contributed by atoms with van der Waals surface area (Å²) in [6.45, 7) is 0.864. The first-order valence-electron chi connectivity index (χ1n) is 6.10. The molecule has 2 atom stereocenters. The molecule has 1 aliphatic heterocycles. The SMILES string of the molecule is COC1CNC(c2nncn2-c2ccccc2)C1. The molecule has 2 aromatic rings. The average Bonchev–Trinajstić information content (AvgIpc) is 3.08. The van der Waals surface area contributed by atoms with Crippen LogP contribution in [0.5, 0.6) is 0 Å². The molecule has 3 rings (SSSR count). The number of aromatic nitrogens is 3. The van der Waals surface area contributed by atoms with E-state index in [4.69, 9.17) is 4.74 Å². The second kappa shape index (κ2) is 4.88. The van der Waals surface area contributed by atoms with E-state index in [2.05, 4.69) is 27.6 Å². The number of benzene rings is 1. The summed E-state index contributed by atoms with van der Waals surface area (Å²) in [6, 6.07) is 10.3. The Morgan fingerprint density at radius 3 is 2.89 bits per heavy atom. The molecule has 2 unspecified atom stereocenters. The van der Waals surface area contributed by atoms with Crippen molar-refractivity contribution in [2.24, 2.45) is 0 Å². The predicted molar refractivity (Wildman–Crippen MR) is 67.5 cm³/mol. The maximum Gasteiger partial charge on any atom is 0.154 e. The quantitative estimate of drug-likeness (QED) is 0.884. The van der Waals surface area contributed by atoms with Gasteiger partial charge in [-0.25, -0.2) is 0 Å². The van der Waals surface area contributed by atoms with Gasteiger partial charge >= 0.3 is 0 Å². The largest absolute Gasteiger partial charge is 0.380 e. The Morgan fingerprint density at radius 2 is 2.17 bits per heavy atom. The van der Waals surface area contributed by atoms with Gasteiger partial charge in [0.05, 0.1) is 12.1 Å². The second-order valence-corrected chi connectivity index (χ2v) is 4.45. The normalized spacial score (nSPS) is 23.4. The van der Waals surface area contributed by atoms with Crippen molar-refractivity contribution in [1.82, 2.24) is 20.1 Å². The molecular weight excluding hydrogens is 228 g/mol. The minimum Gasteiger partial charge on any atom is -0.380 e. The summed E-state index contributed by atoms with van der Waals surface area (Å²) in [6.07, 6.45) is 2.95. The number of ether oxygens (including phenoxy) is 1. The first-order valence-corrected chi connectivity index (χ1v) is 6.10. The number of nitrogens with zero attached hydrogens (tertiary/aromatic N) is 3. The highest BCUT2D eigenvalue weighted by Gasteiger charge is 2.28. The van der Waals surface area contributed by atoms with Gasteiger partial charge in [-0.15, -0.1) is 10.2 Å². The zero-order valence-electron chi connectivity index (χ0n) is 10.3. The van der Waals surface area contributed by atoms with Gasteiger partial charge in [-0.05, 0) is 18.6 Å². The fourth-order valence-corrected chi connectivity index (χ4v) is 2.35. The van der Waals surface area contributed by atoms with Crippen LogP contribution in [0.15, 0.2) is 36.7 Å². The van der Waals surface area contributed by atoms with Gasteiger partial charge in [-0.3, -0.25) is 4.57 Å². The molecule has 1 aromatic heterocycles. The third kappa shape index (κ3) is 2.02. The third-order valence-corrected chi connectivity index (χ3v) is 3.34. The lowest BCUT2D eigenvalue weighted by Crippen LogP contribution is -2.18. The number of hydrogen-bond acceptors (Lipinski definition) is 4. The Labute approximate surface area is 106 Å².